The van der Waals surface area contributed by atoms with Crippen molar-refractivity contribution in [1.82, 2.24) is 4.90 Å². The molecule has 2 heterocycles. The predicted octanol–water partition coefficient (Wildman–Crippen LogP) is 0.255. The fraction of sp³-hybridized carbons (Fsp3) is 0.583. The largest absolute Gasteiger partial charge is 0.478 e. The Morgan fingerprint density at radius 1 is 1.53 bits per heavy atom. The molecule has 2 aliphatic heterocycles. The zero-order valence-corrected chi connectivity index (χ0v) is 10.7. The molecule has 1 N–H and O–H groups in total. The number of ether oxygens (including phenoxy) is 2. The number of carbonyl (C=O) groups is 3. The molecule has 2 saturated heterocycles. The molecule has 2 aliphatic rings. The highest BCUT2D eigenvalue weighted by Gasteiger charge is 2.55. The molecule has 19 heavy (non-hydrogen) atoms. The lowest BCUT2D eigenvalue weighted by atomic mass is 10.0. The topological polar surface area (TPSA) is 93.1 Å². The van der Waals surface area contributed by atoms with Crippen LogP contribution in [0.15, 0.2) is 11.3 Å². The number of carbonyl (C=O) groups excluding carboxylic acids is 2. The van der Waals surface area contributed by atoms with Crippen molar-refractivity contribution < 1.29 is 29.0 Å². The van der Waals surface area contributed by atoms with Crippen molar-refractivity contribution >= 4 is 17.8 Å². The van der Waals surface area contributed by atoms with Crippen molar-refractivity contribution in [3.05, 3.63) is 11.3 Å². The maximum Gasteiger partial charge on any atom is 0.336 e. The minimum Gasteiger partial charge on any atom is -0.478 e. The first-order chi connectivity index (χ1) is 9.01. The highest BCUT2D eigenvalue weighted by molar-refractivity contribution is 5.95. The summed E-state index contributed by atoms with van der Waals surface area (Å²) in [6.07, 6.45) is 0.488. The number of rotatable bonds is 4. The van der Waals surface area contributed by atoms with E-state index in [0.29, 0.717) is 6.42 Å². The lowest BCUT2D eigenvalue weighted by Crippen LogP contribution is -2.55. The molecule has 2 rings (SSSR count). The standard InChI is InChI=1S/C12H15NO6/c1-3-4-6(11(15)16)10-9(12(17)18-2)13-7(14)5-8(13)19-10/h8-9H,3-5H2,1-2H3,(H,15,16)/t8-,9?/m1/s1. The summed E-state index contributed by atoms with van der Waals surface area (Å²) in [6.45, 7) is 1.83. The highest BCUT2D eigenvalue weighted by Crippen LogP contribution is 2.38. The van der Waals surface area contributed by atoms with Gasteiger partial charge in [-0.3, -0.25) is 9.69 Å². The molecule has 2 fully saturated rings. The number of methoxy groups -OCH3 is 1. The van der Waals surface area contributed by atoms with Gasteiger partial charge in [0.25, 0.3) is 0 Å². The van der Waals surface area contributed by atoms with Crippen molar-refractivity contribution in [2.45, 2.75) is 38.5 Å². The molecule has 2 atom stereocenters. The predicted molar refractivity (Wildman–Crippen MR) is 61.7 cm³/mol. The van der Waals surface area contributed by atoms with E-state index in [4.69, 9.17) is 4.74 Å². The van der Waals surface area contributed by atoms with E-state index in [1.54, 1.807) is 0 Å². The van der Waals surface area contributed by atoms with Crippen LogP contribution in [-0.2, 0) is 23.9 Å². The summed E-state index contributed by atoms with van der Waals surface area (Å²) >= 11 is 0. The average Bonchev–Trinajstić information content (AvgIpc) is 2.67. The highest BCUT2D eigenvalue weighted by atomic mass is 16.6. The van der Waals surface area contributed by atoms with Crippen LogP contribution in [0.4, 0.5) is 0 Å². The van der Waals surface area contributed by atoms with Gasteiger partial charge < -0.3 is 14.6 Å². The number of aliphatic carboxylic acids is 1. The Balaban J connectivity index is 2.42. The molecule has 1 amide bonds. The van der Waals surface area contributed by atoms with E-state index < -0.39 is 24.2 Å². The normalized spacial score (nSPS) is 27.3. The number of hydrogen-bond acceptors (Lipinski definition) is 5. The van der Waals surface area contributed by atoms with E-state index in [1.165, 1.54) is 12.0 Å². The number of nitrogens with zero attached hydrogens (tertiary/aromatic N) is 1. The number of amides is 1. The van der Waals surface area contributed by atoms with Gasteiger partial charge in [0.15, 0.2) is 12.3 Å². The second-order valence-corrected chi connectivity index (χ2v) is 4.40. The minimum absolute atomic E-state index is 0.0279. The van der Waals surface area contributed by atoms with Crippen molar-refractivity contribution in [3.8, 4) is 0 Å². The van der Waals surface area contributed by atoms with Crippen LogP contribution in [0.5, 0.6) is 0 Å². The zero-order valence-electron chi connectivity index (χ0n) is 10.7. The fourth-order valence-corrected chi connectivity index (χ4v) is 2.30. The molecule has 1 unspecified atom stereocenters. The maximum atomic E-state index is 11.8. The van der Waals surface area contributed by atoms with Gasteiger partial charge in [0, 0.05) is 0 Å². The zero-order chi connectivity index (χ0) is 14.2. The fourth-order valence-electron chi connectivity index (χ4n) is 2.30. The molecule has 0 aliphatic carbocycles. The van der Waals surface area contributed by atoms with Gasteiger partial charge in [0.05, 0.1) is 19.1 Å². The van der Waals surface area contributed by atoms with Gasteiger partial charge in [-0.25, -0.2) is 9.59 Å². The first-order valence-corrected chi connectivity index (χ1v) is 6.03. The van der Waals surface area contributed by atoms with Crippen molar-refractivity contribution in [1.29, 1.82) is 0 Å². The van der Waals surface area contributed by atoms with Crippen LogP contribution >= 0.6 is 0 Å². The summed E-state index contributed by atoms with van der Waals surface area (Å²) < 4.78 is 10.1. The van der Waals surface area contributed by atoms with Crippen molar-refractivity contribution in [2.24, 2.45) is 0 Å². The third kappa shape index (κ3) is 2.05. The van der Waals surface area contributed by atoms with Gasteiger partial charge in [-0.2, -0.15) is 0 Å². The molecule has 0 aromatic rings. The second-order valence-electron chi connectivity index (χ2n) is 4.40. The van der Waals surface area contributed by atoms with E-state index in [-0.39, 0.29) is 30.1 Å². The van der Waals surface area contributed by atoms with Gasteiger partial charge in [-0.1, -0.05) is 13.3 Å². The Morgan fingerprint density at radius 3 is 2.68 bits per heavy atom. The van der Waals surface area contributed by atoms with Gasteiger partial charge >= 0.3 is 11.9 Å². The van der Waals surface area contributed by atoms with Crippen LogP contribution < -0.4 is 0 Å². The Kier molecular flexibility index (Phi) is 3.46. The molecule has 0 radical (unpaired) electrons. The molecular weight excluding hydrogens is 254 g/mol. The molecule has 7 nitrogen and oxygen atoms in total. The van der Waals surface area contributed by atoms with E-state index in [1.807, 2.05) is 6.92 Å². The quantitative estimate of drug-likeness (QED) is 0.447. The molecule has 0 spiro atoms. The number of carboxylic acids is 1. The molecular formula is C12H15NO6. The monoisotopic (exact) mass is 269 g/mol. The van der Waals surface area contributed by atoms with E-state index in [9.17, 15) is 19.5 Å². The summed E-state index contributed by atoms with van der Waals surface area (Å²) in [7, 11) is 1.19. The van der Waals surface area contributed by atoms with Gasteiger partial charge in [0.2, 0.25) is 5.91 Å². The van der Waals surface area contributed by atoms with Crippen LogP contribution in [0.3, 0.4) is 0 Å². The van der Waals surface area contributed by atoms with Crippen LogP contribution in [0.1, 0.15) is 26.2 Å². The van der Waals surface area contributed by atoms with Gasteiger partial charge in [0.1, 0.15) is 5.76 Å². The van der Waals surface area contributed by atoms with Crippen molar-refractivity contribution in [3.63, 3.8) is 0 Å². The van der Waals surface area contributed by atoms with Crippen LogP contribution in [0.2, 0.25) is 0 Å². The maximum absolute atomic E-state index is 11.8. The van der Waals surface area contributed by atoms with Crippen LogP contribution in [-0.4, -0.2) is 47.2 Å². The lowest BCUT2D eigenvalue weighted by Gasteiger charge is -2.33. The van der Waals surface area contributed by atoms with E-state index >= 15 is 0 Å². The molecule has 104 valence electrons. The van der Waals surface area contributed by atoms with Crippen molar-refractivity contribution in [2.75, 3.05) is 7.11 Å². The Bertz CT molecular complexity index is 469. The summed E-state index contributed by atoms with van der Waals surface area (Å²) in [4.78, 5) is 35.8. The first-order valence-electron chi connectivity index (χ1n) is 6.03. The summed E-state index contributed by atoms with van der Waals surface area (Å²) in [5.41, 5.74) is 0.0279. The summed E-state index contributed by atoms with van der Waals surface area (Å²) in [5.74, 6) is -2.02. The third-order valence-electron chi connectivity index (χ3n) is 3.22. The molecule has 0 bridgehead atoms. The number of carboxylic acid groups (broad SMARTS) is 1. The van der Waals surface area contributed by atoms with Crippen LogP contribution in [0.25, 0.3) is 0 Å². The molecule has 0 saturated carbocycles. The number of hydrogen-bond donors (Lipinski definition) is 1. The molecule has 7 heteroatoms. The molecule has 0 aromatic heterocycles. The Labute approximate surface area is 109 Å². The SMILES string of the molecule is CCCC(C(=O)O)=C1O[C@@H]2CC(=O)N2C1C(=O)OC. The lowest BCUT2D eigenvalue weighted by molar-refractivity contribution is -0.164. The average molecular weight is 269 g/mol. The molecule has 0 aromatic carbocycles. The number of fused-ring (bicyclic) bond motifs is 1. The Hall–Kier alpha value is -2.05. The first kappa shape index (κ1) is 13.4. The van der Waals surface area contributed by atoms with Gasteiger partial charge in [-0.05, 0) is 6.42 Å². The van der Waals surface area contributed by atoms with Crippen LogP contribution in [0, 0.1) is 0 Å². The van der Waals surface area contributed by atoms with Gasteiger partial charge in [-0.15, -0.1) is 0 Å². The summed E-state index contributed by atoms with van der Waals surface area (Å²) in [5, 5.41) is 9.20. The third-order valence-corrected chi connectivity index (χ3v) is 3.22. The minimum atomic E-state index is -1.14. The number of β-lactam (4-membered cyclic amide) rings is 1. The summed E-state index contributed by atoms with van der Waals surface area (Å²) in [6, 6.07) is -1.06. The Morgan fingerprint density at radius 2 is 2.21 bits per heavy atom. The second kappa shape index (κ2) is 4.91. The van der Waals surface area contributed by atoms with E-state index in [0.717, 1.165) is 0 Å². The smallest absolute Gasteiger partial charge is 0.336 e. The number of esters is 1. The van der Waals surface area contributed by atoms with E-state index in [2.05, 4.69) is 4.74 Å².